The molecule has 0 aliphatic carbocycles. The van der Waals surface area contributed by atoms with Gasteiger partial charge in [-0.2, -0.15) is 0 Å². The van der Waals surface area contributed by atoms with Gasteiger partial charge in [-0.3, -0.25) is 4.57 Å². The maximum Gasteiger partial charge on any atom is 0.325 e. The molecule has 7 nitrogen and oxygen atoms in total. The smallest absolute Gasteiger partial charge is 0.325 e. The van der Waals surface area contributed by atoms with Gasteiger partial charge in [0.05, 0.1) is 12.1 Å². The summed E-state index contributed by atoms with van der Waals surface area (Å²) in [6.45, 7) is 1.19. The number of unbranched alkanes of at least 4 members (excludes halogenated alkanes) is 3. The Hall–Kier alpha value is -1.66. The van der Waals surface area contributed by atoms with Crippen LogP contribution in [0.25, 0.3) is 0 Å². The number of amides is 2. The molecule has 1 saturated heterocycles. The van der Waals surface area contributed by atoms with Gasteiger partial charge in [0.1, 0.15) is 0 Å². The number of carbonyl (C=O) groups excluding carboxylic acids is 1. The van der Waals surface area contributed by atoms with Crippen molar-refractivity contribution in [3.05, 3.63) is 48.0 Å². The van der Waals surface area contributed by atoms with E-state index in [9.17, 15) is 14.5 Å². The molecule has 1 fully saturated rings. The maximum absolute atomic E-state index is 12.4. The Bertz CT molecular complexity index is 691. The van der Waals surface area contributed by atoms with Crippen molar-refractivity contribution in [1.82, 2.24) is 9.80 Å². The number of aliphatic hydroxyl groups excluding tert-OH is 1. The molecule has 1 aromatic carbocycles. The SMILES string of the molecule is CN1C[C@H](/C=C/C(O)Cc2ccccc2)N(CCCCCCP(=O)(O)O)C1=O. The van der Waals surface area contributed by atoms with Crippen LogP contribution in [0.5, 0.6) is 0 Å². The highest BCUT2D eigenvalue weighted by molar-refractivity contribution is 7.51. The van der Waals surface area contributed by atoms with Crippen LogP contribution in [-0.4, -0.2) is 69.2 Å². The van der Waals surface area contributed by atoms with Gasteiger partial charge in [-0.05, 0) is 18.4 Å². The van der Waals surface area contributed by atoms with Gasteiger partial charge >= 0.3 is 13.6 Å². The number of nitrogens with zero attached hydrogens (tertiary/aromatic N) is 2. The van der Waals surface area contributed by atoms with E-state index in [0.29, 0.717) is 25.9 Å². The van der Waals surface area contributed by atoms with Crippen molar-refractivity contribution in [3.63, 3.8) is 0 Å². The number of hydrogen-bond donors (Lipinski definition) is 3. The minimum atomic E-state index is -3.91. The minimum Gasteiger partial charge on any atom is -0.389 e. The summed E-state index contributed by atoms with van der Waals surface area (Å²) in [5.74, 6) is 0. The fraction of sp³-hybridized carbons (Fsp3) is 0.550. The van der Waals surface area contributed by atoms with Crippen molar-refractivity contribution in [3.8, 4) is 0 Å². The number of carbonyl (C=O) groups is 1. The summed E-state index contributed by atoms with van der Waals surface area (Å²) in [6.07, 6.45) is 6.36. The summed E-state index contributed by atoms with van der Waals surface area (Å²) >= 11 is 0. The Morgan fingerprint density at radius 2 is 1.86 bits per heavy atom. The molecular formula is C20H31N2O5P. The average Bonchev–Trinajstić information content (AvgIpc) is 2.90. The lowest BCUT2D eigenvalue weighted by Gasteiger charge is -2.21. The molecular weight excluding hydrogens is 379 g/mol. The van der Waals surface area contributed by atoms with Crippen molar-refractivity contribution < 1.29 is 24.3 Å². The number of likely N-dealkylation sites (N-methyl/N-ethyl adjacent to an activating group) is 1. The van der Waals surface area contributed by atoms with Gasteiger partial charge in [0.2, 0.25) is 0 Å². The number of aliphatic hydroxyl groups is 1. The van der Waals surface area contributed by atoms with Crippen LogP contribution in [0.1, 0.15) is 31.2 Å². The second-order valence-electron chi connectivity index (χ2n) is 7.37. The molecule has 1 aliphatic rings. The van der Waals surface area contributed by atoms with Crippen molar-refractivity contribution in [2.45, 2.75) is 44.2 Å². The second kappa shape index (κ2) is 10.8. The summed E-state index contributed by atoms with van der Waals surface area (Å²) in [4.78, 5) is 33.6. The molecule has 0 saturated carbocycles. The lowest BCUT2D eigenvalue weighted by Crippen LogP contribution is -2.34. The van der Waals surface area contributed by atoms with Crippen molar-refractivity contribution >= 4 is 13.6 Å². The predicted octanol–water partition coefficient (Wildman–Crippen LogP) is 2.62. The molecule has 2 atom stereocenters. The summed E-state index contributed by atoms with van der Waals surface area (Å²) in [5, 5.41) is 10.3. The molecule has 8 heteroatoms. The van der Waals surface area contributed by atoms with Gasteiger partial charge in [-0.25, -0.2) is 4.79 Å². The lowest BCUT2D eigenvalue weighted by molar-refractivity contribution is 0.193. The Morgan fingerprint density at radius 1 is 1.18 bits per heavy atom. The van der Waals surface area contributed by atoms with Crippen molar-refractivity contribution in [1.29, 1.82) is 0 Å². The van der Waals surface area contributed by atoms with Crippen LogP contribution >= 0.6 is 7.60 Å². The van der Waals surface area contributed by atoms with Gasteiger partial charge in [0.25, 0.3) is 0 Å². The highest BCUT2D eigenvalue weighted by Gasteiger charge is 2.32. The van der Waals surface area contributed by atoms with E-state index in [-0.39, 0.29) is 18.2 Å². The van der Waals surface area contributed by atoms with E-state index < -0.39 is 13.7 Å². The number of benzene rings is 1. The molecule has 0 radical (unpaired) electrons. The fourth-order valence-electron chi connectivity index (χ4n) is 3.38. The third kappa shape index (κ3) is 7.76. The Balaban J connectivity index is 1.79. The van der Waals surface area contributed by atoms with Crippen molar-refractivity contribution in [2.75, 3.05) is 26.3 Å². The molecule has 28 heavy (non-hydrogen) atoms. The quantitative estimate of drug-likeness (QED) is 0.296. The standard InChI is InChI=1S/C20H31N2O5P/c1-21-16-18(11-12-19(23)15-17-9-5-4-6-10-17)22(20(21)24)13-7-2-3-8-14-28(25,26)27/h4-6,9-12,18-19,23H,2-3,7-8,13-16H2,1H3,(H2,25,26,27)/b12-11+/t18-,19?/m0/s1. The predicted molar refractivity (Wildman–Crippen MR) is 109 cm³/mol. The topological polar surface area (TPSA) is 101 Å². The number of rotatable bonds is 11. The van der Waals surface area contributed by atoms with Gasteiger partial charge in [-0.15, -0.1) is 0 Å². The highest BCUT2D eigenvalue weighted by atomic mass is 31.2. The molecule has 0 bridgehead atoms. The monoisotopic (exact) mass is 410 g/mol. The summed E-state index contributed by atoms with van der Waals surface area (Å²) in [5.41, 5.74) is 1.06. The second-order valence-corrected chi connectivity index (χ2v) is 9.14. The van der Waals surface area contributed by atoms with Gasteiger partial charge in [-0.1, -0.05) is 55.3 Å². The Morgan fingerprint density at radius 3 is 2.54 bits per heavy atom. The van der Waals surface area contributed by atoms with Crippen LogP contribution in [-0.2, 0) is 11.0 Å². The summed E-state index contributed by atoms with van der Waals surface area (Å²) in [7, 11) is -2.14. The van der Waals surface area contributed by atoms with Crippen LogP contribution in [0.4, 0.5) is 4.79 Å². The van der Waals surface area contributed by atoms with Crippen LogP contribution < -0.4 is 0 Å². The molecule has 1 aromatic rings. The van der Waals surface area contributed by atoms with Crippen molar-refractivity contribution in [2.24, 2.45) is 0 Å². The van der Waals surface area contributed by atoms with E-state index in [1.54, 1.807) is 22.9 Å². The first-order valence-corrected chi connectivity index (χ1v) is 11.5. The molecule has 2 rings (SSSR count). The van der Waals surface area contributed by atoms with E-state index in [4.69, 9.17) is 9.79 Å². The van der Waals surface area contributed by atoms with E-state index in [1.807, 2.05) is 36.4 Å². The van der Waals surface area contributed by atoms with Gasteiger partial charge < -0.3 is 24.7 Å². The molecule has 1 heterocycles. The third-order valence-corrected chi connectivity index (χ3v) is 5.77. The largest absolute Gasteiger partial charge is 0.389 e. The fourth-order valence-corrected chi connectivity index (χ4v) is 4.01. The van der Waals surface area contributed by atoms with Crippen LogP contribution in [0.2, 0.25) is 0 Å². The first-order chi connectivity index (χ1) is 13.3. The zero-order valence-corrected chi connectivity index (χ0v) is 17.2. The Kier molecular flexibility index (Phi) is 8.70. The summed E-state index contributed by atoms with van der Waals surface area (Å²) < 4.78 is 10.8. The minimum absolute atomic E-state index is 0.0255. The zero-order valence-electron chi connectivity index (χ0n) is 16.4. The molecule has 2 amide bonds. The first kappa shape index (κ1) is 22.6. The zero-order chi connectivity index (χ0) is 20.6. The average molecular weight is 410 g/mol. The van der Waals surface area contributed by atoms with Crippen LogP contribution in [0.15, 0.2) is 42.5 Å². The van der Waals surface area contributed by atoms with E-state index in [0.717, 1.165) is 24.8 Å². The third-order valence-electron chi connectivity index (χ3n) is 4.87. The van der Waals surface area contributed by atoms with Gasteiger partial charge in [0, 0.05) is 32.7 Å². The molecule has 1 unspecified atom stereocenters. The number of hydrogen-bond acceptors (Lipinski definition) is 3. The molecule has 1 aliphatic heterocycles. The first-order valence-electron chi connectivity index (χ1n) is 9.73. The Labute approximate surface area is 166 Å². The normalized spacial score (nSPS) is 19.0. The number of urea groups is 1. The van der Waals surface area contributed by atoms with E-state index in [2.05, 4.69) is 0 Å². The molecule has 3 N–H and O–H groups in total. The molecule has 156 valence electrons. The lowest BCUT2D eigenvalue weighted by atomic mass is 10.1. The van der Waals surface area contributed by atoms with E-state index >= 15 is 0 Å². The molecule has 0 spiro atoms. The summed E-state index contributed by atoms with van der Waals surface area (Å²) in [6, 6.07) is 9.68. The van der Waals surface area contributed by atoms with Gasteiger partial charge in [0.15, 0.2) is 0 Å². The highest BCUT2D eigenvalue weighted by Crippen LogP contribution is 2.35. The molecule has 0 aromatic heterocycles. The maximum atomic E-state index is 12.4. The van der Waals surface area contributed by atoms with E-state index in [1.165, 1.54) is 0 Å². The van der Waals surface area contributed by atoms with Crippen LogP contribution in [0.3, 0.4) is 0 Å². The van der Waals surface area contributed by atoms with Crippen LogP contribution in [0, 0.1) is 0 Å².